The summed E-state index contributed by atoms with van der Waals surface area (Å²) in [5.74, 6) is 0.570. The summed E-state index contributed by atoms with van der Waals surface area (Å²) < 4.78 is 5.05. The Balaban J connectivity index is 2.20. The maximum Gasteiger partial charge on any atom is 0.185 e. The van der Waals surface area contributed by atoms with Crippen molar-refractivity contribution in [2.75, 3.05) is 7.11 Å². The molecule has 0 fully saturated rings. The summed E-state index contributed by atoms with van der Waals surface area (Å²) in [5.41, 5.74) is 1.93. The highest BCUT2D eigenvalue weighted by Gasteiger charge is 2.05. The Morgan fingerprint density at radius 2 is 1.67 bits per heavy atom. The number of methoxy groups -OCH3 is 1. The van der Waals surface area contributed by atoms with Gasteiger partial charge in [-0.05, 0) is 42.8 Å². The molecule has 0 atom stereocenters. The van der Waals surface area contributed by atoms with Crippen LogP contribution in [-0.2, 0) is 0 Å². The van der Waals surface area contributed by atoms with Gasteiger partial charge in [0.1, 0.15) is 5.75 Å². The minimum atomic E-state index is -0.115. The Morgan fingerprint density at radius 1 is 1.00 bits per heavy atom. The molecule has 0 heterocycles. The molecular weight excluding hydrogens is 264 g/mol. The van der Waals surface area contributed by atoms with E-state index >= 15 is 0 Å². The molecule has 0 saturated carbocycles. The fourth-order valence-corrected chi connectivity index (χ4v) is 1.98. The number of ketones is 2. The van der Waals surface area contributed by atoms with Crippen LogP contribution in [0.5, 0.6) is 5.75 Å². The van der Waals surface area contributed by atoms with Crippen LogP contribution in [-0.4, -0.2) is 18.7 Å². The molecule has 21 heavy (non-hydrogen) atoms. The van der Waals surface area contributed by atoms with Gasteiger partial charge in [-0.2, -0.15) is 0 Å². The molecule has 3 nitrogen and oxygen atoms in total. The van der Waals surface area contributed by atoms with E-state index in [4.69, 9.17) is 4.74 Å². The molecule has 2 aromatic rings. The summed E-state index contributed by atoms with van der Waals surface area (Å²) in [5, 5.41) is 0. The lowest BCUT2D eigenvalue weighted by Crippen LogP contribution is -1.97. The van der Waals surface area contributed by atoms with E-state index in [-0.39, 0.29) is 11.6 Å². The Bertz CT molecular complexity index is 682. The summed E-state index contributed by atoms with van der Waals surface area (Å²) in [4.78, 5) is 23.6. The van der Waals surface area contributed by atoms with Crippen molar-refractivity contribution in [3.8, 4) is 5.75 Å². The zero-order valence-electron chi connectivity index (χ0n) is 12.0. The van der Waals surface area contributed by atoms with Crippen LogP contribution in [0, 0.1) is 0 Å². The van der Waals surface area contributed by atoms with Gasteiger partial charge in [0.25, 0.3) is 0 Å². The molecule has 106 valence electrons. The van der Waals surface area contributed by atoms with Gasteiger partial charge in [-0.25, -0.2) is 0 Å². The van der Waals surface area contributed by atoms with E-state index < -0.39 is 0 Å². The highest BCUT2D eigenvalue weighted by molar-refractivity contribution is 6.07. The fraction of sp³-hybridized carbons (Fsp3) is 0.111. The lowest BCUT2D eigenvalue weighted by Gasteiger charge is -2.02. The number of allylic oxidation sites excluding steroid dienone is 1. The maximum absolute atomic E-state index is 12.1. The summed E-state index contributed by atoms with van der Waals surface area (Å²) in [6.07, 6.45) is 3.15. The topological polar surface area (TPSA) is 43.4 Å². The number of hydrogen-bond acceptors (Lipinski definition) is 3. The predicted octanol–water partition coefficient (Wildman–Crippen LogP) is 3.79. The van der Waals surface area contributed by atoms with Crippen LogP contribution < -0.4 is 4.74 Å². The van der Waals surface area contributed by atoms with Gasteiger partial charge in [0.2, 0.25) is 0 Å². The quantitative estimate of drug-likeness (QED) is 0.618. The first-order chi connectivity index (χ1) is 10.1. The molecule has 0 aliphatic heterocycles. The average molecular weight is 280 g/mol. The van der Waals surface area contributed by atoms with Crippen LogP contribution in [0.2, 0.25) is 0 Å². The van der Waals surface area contributed by atoms with Gasteiger partial charge in [-0.3, -0.25) is 9.59 Å². The van der Waals surface area contributed by atoms with Crippen molar-refractivity contribution in [3.63, 3.8) is 0 Å². The zero-order valence-corrected chi connectivity index (χ0v) is 12.0. The third-order valence-electron chi connectivity index (χ3n) is 3.13. The molecule has 0 radical (unpaired) electrons. The van der Waals surface area contributed by atoms with E-state index in [0.717, 1.165) is 5.56 Å². The van der Waals surface area contributed by atoms with Crippen molar-refractivity contribution in [2.24, 2.45) is 0 Å². The molecule has 0 N–H and O–H groups in total. The van der Waals surface area contributed by atoms with Crippen molar-refractivity contribution < 1.29 is 14.3 Å². The van der Waals surface area contributed by atoms with Crippen molar-refractivity contribution in [1.29, 1.82) is 0 Å². The van der Waals surface area contributed by atoms with E-state index in [1.165, 1.54) is 13.0 Å². The first-order valence-electron chi connectivity index (χ1n) is 6.58. The van der Waals surface area contributed by atoms with E-state index in [9.17, 15) is 9.59 Å². The van der Waals surface area contributed by atoms with Crippen LogP contribution in [0.1, 0.15) is 33.2 Å². The Labute approximate surface area is 123 Å². The number of benzene rings is 2. The molecule has 0 aliphatic rings. The van der Waals surface area contributed by atoms with Gasteiger partial charge >= 0.3 is 0 Å². The number of carbonyl (C=O) groups is 2. The van der Waals surface area contributed by atoms with Gasteiger partial charge in [0.15, 0.2) is 11.6 Å². The first-order valence-corrected chi connectivity index (χ1v) is 6.58. The monoisotopic (exact) mass is 280 g/mol. The van der Waals surface area contributed by atoms with Gasteiger partial charge in [-0.15, -0.1) is 0 Å². The van der Waals surface area contributed by atoms with E-state index in [1.807, 2.05) is 12.1 Å². The maximum atomic E-state index is 12.1. The predicted molar refractivity (Wildman–Crippen MR) is 82.8 cm³/mol. The average Bonchev–Trinajstić information content (AvgIpc) is 2.52. The highest BCUT2D eigenvalue weighted by atomic mass is 16.5. The minimum absolute atomic E-state index is 0.0212. The third-order valence-corrected chi connectivity index (χ3v) is 3.13. The summed E-state index contributed by atoms with van der Waals surface area (Å²) in [6.45, 7) is 1.51. The Kier molecular flexibility index (Phi) is 4.67. The Morgan fingerprint density at radius 3 is 2.29 bits per heavy atom. The molecule has 0 aromatic heterocycles. The second kappa shape index (κ2) is 6.66. The van der Waals surface area contributed by atoms with Gasteiger partial charge < -0.3 is 4.74 Å². The molecule has 0 aliphatic carbocycles. The lowest BCUT2D eigenvalue weighted by molar-refractivity contribution is 0.101. The largest absolute Gasteiger partial charge is 0.497 e. The third kappa shape index (κ3) is 3.66. The van der Waals surface area contributed by atoms with Crippen molar-refractivity contribution in [2.45, 2.75) is 6.92 Å². The second-order valence-electron chi connectivity index (χ2n) is 4.57. The number of carbonyl (C=O) groups excluding carboxylic acids is 2. The molecule has 2 rings (SSSR count). The number of ether oxygens (including phenoxy) is 1. The molecule has 0 bridgehead atoms. The lowest BCUT2D eigenvalue weighted by atomic mass is 10.0. The molecule has 0 spiro atoms. The zero-order chi connectivity index (χ0) is 15.2. The Hall–Kier alpha value is -2.68. The van der Waals surface area contributed by atoms with Crippen LogP contribution in [0.15, 0.2) is 54.6 Å². The summed E-state index contributed by atoms with van der Waals surface area (Å²) in [7, 11) is 1.58. The molecule has 0 amide bonds. The van der Waals surface area contributed by atoms with Crippen molar-refractivity contribution in [1.82, 2.24) is 0 Å². The van der Waals surface area contributed by atoms with Crippen LogP contribution in [0.3, 0.4) is 0 Å². The number of rotatable bonds is 5. The van der Waals surface area contributed by atoms with E-state index in [2.05, 4.69) is 0 Å². The standard InChI is InChI=1S/C18H16O3/c1-13(19)17-6-4-3-5-14(17)9-12-18(20)15-7-10-16(21-2)11-8-15/h3-12H,1-2H3/b12-9+. The fourth-order valence-electron chi connectivity index (χ4n) is 1.98. The van der Waals surface area contributed by atoms with Crippen molar-refractivity contribution >= 4 is 17.6 Å². The molecule has 0 unspecified atom stereocenters. The van der Waals surface area contributed by atoms with Gasteiger partial charge in [0, 0.05) is 11.1 Å². The van der Waals surface area contributed by atoms with E-state index in [1.54, 1.807) is 49.6 Å². The molecule has 2 aromatic carbocycles. The van der Waals surface area contributed by atoms with Crippen LogP contribution in [0.4, 0.5) is 0 Å². The number of hydrogen-bond donors (Lipinski definition) is 0. The van der Waals surface area contributed by atoms with Crippen LogP contribution in [0.25, 0.3) is 6.08 Å². The highest BCUT2D eigenvalue weighted by Crippen LogP contribution is 2.14. The normalized spacial score (nSPS) is 10.6. The summed E-state index contributed by atoms with van der Waals surface area (Å²) >= 11 is 0. The first kappa shape index (κ1) is 14.7. The van der Waals surface area contributed by atoms with Crippen LogP contribution >= 0.6 is 0 Å². The number of Topliss-reactive ketones (excluding diaryl/α,β-unsaturated/α-hetero) is 1. The molecule has 0 saturated heterocycles. The minimum Gasteiger partial charge on any atom is -0.497 e. The van der Waals surface area contributed by atoms with Crippen molar-refractivity contribution in [3.05, 3.63) is 71.3 Å². The SMILES string of the molecule is COc1ccc(C(=O)/C=C/c2ccccc2C(C)=O)cc1. The second-order valence-corrected chi connectivity index (χ2v) is 4.57. The smallest absolute Gasteiger partial charge is 0.185 e. The summed E-state index contributed by atoms with van der Waals surface area (Å²) in [6, 6.07) is 14.1. The van der Waals surface area contributed by atoms with Gasteiger partial charge in [-0.1, -0.05) is 30.3 Å². The van der Waals surface area contributed by atoms with Gasteiger partial charge in [0.05, 0.1) is 7.11 Å². The molecule has 3 heteroatoms. The van der Waals surface area contributed by atoms with E-state index in [0.29, 0.717) is 16.9 Å². The molecular formula is C18H16O3.